The monoisotopic (exact) mass is 503 g/mol. The normalized spacial score (nSPS) is 17.6. The van der Waals surface area contributed by atoms with Gasteiger partial charge in [-0.15, -0.1) is 0 Å². The maximum absolute atomic E-state index is 13.4. The minimum absolute atomic E-state index is 0.0193. The van der Waals surface area contributed by atoms with Gasteiger partial charge in [-0.1, -0.05) is 29.8 Å². The number of ether oxygens (including phenoxy) is 1. The standard InChI is InChI=1S/C25H17ClF3NO5/c1-35-19-10-7-15(26)12-18(19)22(32)20-21(13-5-8-17(31)9-6-13)30(24(34)23(20)33)16-4-2-3-14(11-16)25(27,28)29/h2-12,21,31-32H,1H3/b22-20+. The van der Waals surface area contributed by atoms with Crippen LogP contribution in [0.25, 0.3) is 5.76 Å². The molecule has 0 saturated carbocycles. The zero-order chi connectivity index (χ0) is 25.5. The van der Waals surface area contributed by atoms with Crippen molar-refractivity contribution in [3.8, 4) is 11.5 Å². The van der Waals surface area contributed by atoms with Crippen molar-refractivity contribution < 1.29 is 37.7 Å². The Hall–Kier alpha value is -3.98. The highest BCUT2D eigenvalue weighted by Gasteiger charge is 2.47. The van der Waals surface area contributed by atoms with Crippen LogP contribution in [0.5, 0.6) is 11.5 Å². The van der Waals surface area contributed by atoms with Crippen molar-refractivity contribution in [2.45, 2.75) is 12.2 Å². The van der Waals surface area contributed by atoms with Gasteiger partial charge in [0.05, 0.1) is 29.9 Å². The number of rotatable bonds is 4. The Morgan fingerprint density at radius 2 is 1.71 bits per heavy atom. The van der Waals surface area contributed by atoms with Gasteiger partial charge in [0.15, 0.2) is 0 Å². The highest BCUT2D eigenvalue weighted by Crippen LogP contribution is 2.44. The Labute approximate surface area is 202 Å². The number of amides is 1. The van der Waals surface area contributed by atoms with E-state index in [9.17, 15) is 33.0 Å². The van der Waals surface area contributed by atoms with Crippen LogP contribution in [0.4, 0.5) is 18.9 Å². The molecule has 3 aromatic carbocycles. The van der Waals surface area contributed by atoms with E-state index in [0.717, 1.165) is 23.1 Å². The van der Waals surface area contributed by atoms with Gasteiger partial charge >= 0.3 is 6.18 Å². The van der Waals surface area contributed by atoms with Gasteiger partial charge in [0.1, 0.15) is 17.3 Å². The number of Topliss-reactive ketones (excluding diaryl/α,β-unsaturated/α-hetero) is 1. The number of aliphatic hydroxyl groups is 1. The number of aromatic hydroxyl groups is 1. The molecule has 3 aromatic rings. The summed E-state index contributed by atoms with van der Waals surface area (Å²) in [6.45, 7) is 0. The van der Waals surface area contributed by atoms with Crippen LogP contribution in [0.3, 0.4) is 0 Å². The maximum atomic E-state index is 13.4. The lowest BCUT2D eigenvalue weighted by Gasteiger charge is -2.26. The third kappa shape index (κ3) is 4.42. The van der Waals surface area contributed by atoms with Gasteiger partial charge in [-0.05, 0) is 54.1 Å². The van der Waals surface area contributed by atoms with Crippen LogP contribution >= 0.6 is 11.6 Å². The molecule has 1 atom stereocenters. The summed E-state index contributed by atoms with van der Waals surface area (Å²) in [5, 5.41) is 21.1. The van der Waals surface area contributed by atoms with Gasteiger partial charge in [0.25, 0.3) is 11.7 Å². The van der Waals surface area contributed by atoms with Crippen molar-refractivity contribution in [1.29, 1.82) is 0 Å². The molecule has 0 bridgehead atoms. The second-order valence-corrected chi connectivity index (χ2v) is 8.09. The fourth-order valence-electron chi connectivity index (χ4n) is 3.91. The van der Waals surface area contributed by atoms with Crippen LogP contribution in [-0.2, 0) is 15.8 Å². The molecule has 1 amide bonds. The van der Waals surface area contributed by atoms with E-state index in [1.165, 1.54) is 55.6 Å². The van der Waals surface area contributed by atoms with Crippen molar-refractivity contribution in [3.63, 3.8) is 0 Å². The summed E-state index contributed by atoms with van der Waals surface area (Å²) in [6, 6.07) is 12.3. The molecule has 6 nitrogen and oxygen atoms in total. The predicted molar refractivity (Wildman–Crippen MR) is 122 cm³/mol. The van der Waals surface area contributed by atoms with Crippen LogP contribution in [0.15, 0.2) is 72.3 Å². The van der Waals surface area contributed by atoms with Gasteiger partial charge in [-0.2, -0.15) is 13.2 Å². The summed E-state index contributed by atoms with van der Waals surface area (Å²) in [5.41, 5.74) is -1.30. The molecule has 0 spiro atoms. The molecular formula is C25H17ClF3NO5. The number of hydrogen-bond donors (Lipinski definition) is 2. The fourth-order valence-corrected chi connectivity index (χ4v) is 4.09. The predicted octanol–water partition coefficient (Wildman–Crippen LogP) is 5.70. The second kappa shape index (κ2) is 8.99. The van der Waals surface area contributed by atoms with Gasteiger partial charge in [0, 0.05) is 10.7 Å². The van der Waals surface area contributed by atoms with E-state index >= 15 is 0 Å². The Balaban J connectivity index is 1.98. The molecule has 1 saturated heterocycles. The number of phenolic OH excluding ortho intramolecular Hbond substituents is 1. The molecule has 0 aliphatic carbocycles. The molecule has 1 aliphatic rings. The molecule has 35 heavy (non-hydrogen) atoms. The molecule has 180 valence electrons. The van der Waals surface area contributed by atoms with Crippen LogP contribution in [0.1, 0.15) is 22.7 Å². The SMILES string of the molecule is COc1ccc(Cl)cc1/C(O)=C1\C(=O)C(=O)N(c2cccc(C(F)(F)F)c2)C1c1ccc(O)cc1. The van der Waals surface area contributed by atoms with Crippen molar-refractivity contribution in [2.75, 3.05) is 12.0 Å². The highest BCUT2D eigenvalue weighted by atomic mass is 35.5. The molecule has 10 heteroatoms. The summed E-state index contributed by atoms with van der Waals surface area (Å²) in [7, 11) is 1.33. The molecular weight excluding hydrogens is 487 g/mol. The lowest BCUT2D eigenvalue weighted by atomic mass is 9.94. The van der Waals surface area contributed by atoms with Crippen LogP contribution in [-0.4, -0.2) is 29.0 Å². The Morgan fingerprint density at radius 1 is 1.03 bits per heavy atom. The fraction of sp³-hybridized carbons (Fsp3) is 0.120. The summed E-state index contributed by atoms with van der Waals surface area (Å²) in [5.74, 6) is -2.82. The Kier molecular flexibility index (Phi) is 6.21. The topological polar surface area (TPSA) is 87.1 Å². The third-order valence-corrected chi connectivity index (χ3v) is 5.76. The molecule has 1 heterocycles. The first kappa shape index (κ1) is 24.2. The van der Waals surface area contributed by atoms with Crippen LogP contribution < -0.4 is 9.64 Å². The number of carbonyl (C=O) groups excluding carboxylic acids is 2. The summed E-state index contributed by atoms with van der Waals surface area (Å²) in [4.78, 5) is 27.2. The molecule has 2 N–H and O–H groups in total. The number of halogens is 4. The van der Waals surface area contributed by atoms with Crippen molar-refractivity contribution in [1.82, 2.24) is 0 Å². The van der Waals surface area contributed by atoms with Crippen molar-refractivity contribution in [3.05, 3.63) is 94.0 Å². The number of aliphatic hydroxyl groups excluding tert-OH is 1. The Morgan fingerprint density at radius 3 is 2.34 bits per heavy atom. The van der Waals surface area contributed by atoms with E-state index < -0.39 is 35.2 Å². The quantitative estimate of drug-likeness (QED) is 0.271. The summed E-state index contributed by atoms with van der Waals surface area (Å²) in [6.07, 6.45) is -4.69. The lowest BCUT2D eigenvalue weighted by molar-refractivity contribution is -0.137. The smallest absolute Gasteiger partial charge is 0.416 e. The van der Waals surface area contributed by atoms with E-state index in [2.05, 4.69) is 0 Å². The van der Waals surface area contributed by atoms with Gasteiger partial charge in [0.2, 0.25) is 0 Å². The molecule has 1 aliphatic heterocycles. The largest absolute Gasteiger partial charge is 0.508 e. The van der Waals surface area contributed by atoms with Gasteiger partial charge in [-0.3, -0.25) is 14.5 Å². The van der Waals surface area contributed by atoms with Crippen LogP contribution in [0.2, 0.25) is 5.02 Å². The Bertz CT molecular complexity index is 1350. The van der Waals surface area contributed by atoms with Crippen LogP contribution in [0, 0.1) is 0 Å². The third-order valence-electron chi connectivity index (χ3n) is 5.52. The number of anilines is 1. The molecule has 4 rings (SSSR count). The summed E-state index contributed by atoms with van der Waals surface area (Å²) < 4.78 is 45.3. The van der Waals surface area contributed by atoms with E-state index in [0.29, 0.717) is 0 Å². The van der Waals surface area contributed by atoms with Gasteiger partial charge in [-0.25, -0.2) is 0 Å². The van der Waals surface area contributed by atoms with E-state index in [1.54, 1.807) is 0 Å². The summed E-state index contributed by atoms with van der Waals surface area (Å²) >= 11 is 6.06. The number of carbonyl (C=O) groups is 2. The average Bonchev–Trinajstić information content (AvgIpc) is 3.09. The molecule has 1 unspecified atom stereocenters. The van der Waals surface area contributed by atoms with Crippen molar-refractivity contribution in [2.24, 2.45) is 0 Å². The van der Waals surface area contributed by atoms with E-state index in [-0.39, 0.29) is 38.9 Å². The first-order chi connectivity index (χ1) is 16.5. The molecule has 1 fully saturated rings. The number of methoxy groups -OCH3 is 1. The molecule has 0 radical (unpaired) electrons. The zero-order valence-corrected chi connectivity index (χ0v) is 18.8. The van der Waals surface area contributed by atoms with Crippen molar-refractivity contribution >= 4 is 34.7 Å². The number of nitrogens with zero attached hydrogens (tertiary/aromatic N) is 1. The minimum Gasteiger partial charge on any atom is -0.508 e. The number of ketones is 1. The number of alkyl halides is 3. The van der Waals surface area contributed by atoms with E-state index in [4.69, 9.17) is 16.3 Å². The first-order valence-corrected chi connectivity index (χ1v) is 10.5. The average molecular weight is 504 g/mol. The number of phenols is 1. The maximum Gasteiger partial charge on any atom is 0.416 e. The lowest BCUT2D eigenvalue weighted by Crippen LogP contribution is -2.29. The first-order valence-electron chi connectivity index (χ1n) is 10.1. The zero-order valence-electron chi connectivity index (χ0n) is 18.0. The minimum atomic E-state index is -4.69. The van der Waals surface area contributed by atoms with Gasteiger partial charge < -0.3 is 14.9 Å². The van der Waals surface area contributed by atoms with E-state index in [1.807, 2.05) is 0 Å². The second-order valence-electron chi connectivity index (χ2n) is 7.65. The number of hydrogen-bond acceptors (Lipinski definition) is 5. The number of benzene rings is 3. The molecule has 0 aromatic heterocycles. The highest BCUT2D eigenvalue weighted by molar-refractivity contribution is 6.51.